The van der Waals surface area contributed by atoms with Gasteiger partial charge in [0.1, 0.15) is 0 Å². The molecule has 2 rings (SSSR count). The zero-order valence-electron chi connectivity index (χ0n) is 7.38. The summed E-state index contributed by atoms with van der Waals surface area (Å²) in [5.74, 6) is 0. The third-order valence-corrected chi connectivity index (χ3v) is 3.03. The number of nitrogen functional groups attached to an aromatic ring is 1. The Bertz CT molecular complexity index is 471. The Morgan fingerprint density at radius 3 is 2.43 bits per heavy atom. The zero-order valence-corrected chi connectivity index (χ0v) is 8.28. The molecule has 2 aromatic rings. The van der Waals surface area contributed by atoms with Gasteiger partial charge in [-0.1, -0.05) is 30.3 Å². The number of anilines is 1. The molecule has 0 unspecified atom stereocenters. The largest absolute Gasteiger partial charge is 0.398 e. The molecule has 0 aliphatic heterocycles. The molecule has 0 spiro atoms. The van der Waals surface area contributed by atoms with Gasteiger partial charge in [-0.2, -0.15) is 0 Å². The lowest BCUT2D eigenvalue weighted by Gasteiger charge is -2.10. The molecule has 0 fully saturated rings. The molecule has 0 bridgehead atoms. The van der Waals surface area contributed by atoms with Crippen LogP contribution >= 0.6 is 8.38 Å². The third kappa shape index (κ3) is 1.46. The van der Waals surface area contributed by atoms with E-state index < -0.39 is 8.38 Å². The molecule has 0 saturated heterocycles. The van der Waals surface area contributed by atoms with Crippen LogP contribution in [-0.4, -0.2) is 9.79 Å². The van der Waals surface area contributed by atoms with Gasteiger partial charge >= 0.3 is 0 Å². The number of hydrogen-bond acceptors (Lipinski definition) is 3. The first-order valence-electron chi connectivity index (χ1n) is 4.15. The lowest BCUT2D eigenvalue weighted by Crippen LogP contribution is -2.08. The van der Waals surface area contributed by atoms with Crippen LogP contribution in [0.1, 0.15) is 0 Å². The lowest BCUT2D eigenvalue weighted by molar-refractivity contribution is 0.497. The van der Waals surface area contributed by atoms with Crippen LogP contribution in [-0.2, 0) is 0 Å². The number of hydrogen-bond donors (Lipinski definition) is 3. The van der Waals surface area contributed by atoms with Gasteiger partial charge in [-0.15, -0.1) is 0 Å². The summed E-state index contributed by atoms with van der Waals surface area (Å²) in [7, 11) is -2.14. The fourth-order valence-electron chi connectivity index (χ4n) is 1.50. The maximum absolute atomic E-state index is 9.24. The van der Waals surface area contributed by atoms with Crippen molar-refractivity contribution in [3.05, 3.63) is 36.4 Å². The predicted octanol–water partition coefficient (Wildman–Crippen LogP) is 1.34. The predicted molar refractivity (Wildman–Crippen MR) is 59.4 cm³/mol. The number of nitrogens with two attached hydrogens (primary N) is 1. The van der Waals surface area contributed by atoms with E-state index >= 15 is 0 Å². The Morgan fingerprint density at radius 2 is 1.71 bits per heavy atom. The van der Waals surface area contributed by atoms with Crippen LogP contribution in [0.5, 0.6) is 0 Å². The van der Waals surface area contributed by atoms with Gasteiger partial charge in [0.05, 0.1) is 5.30 Å². The van der Waals surface area contributed by atoms with Crippen molar-refractivity contribution in [2.24, 2.45) is 0 Å². The molecule has 0 amide bonds. The highest BCUT2D eigenvalue weighted by atomic mass is 31.2. The number of fused-ring (bicyclic) bond motifs is 1. The van der Waals surface area contributed by atoms with E-state index in [0.29, 0.717) is 11.0 Å². The first kappa shape index (κ1) is 9.41. The minimum Gasteiger partial charge on any atom is -0.398 e. The molecule has 14 heavy (non-hydrogen) atoms. The van der Waals surface area contributed by atoms with Gasteiger partial charge in [-0.3, -0.25) is 0 Å². The summed E-state index contributed by atoms with van der Waals surface area (Å²) >= 11 is 0. The van der Waals surface area contributed by atoms with Crippen molar-refractivity contribution < 1.29 is 9.79 Å². The van der Waals surface area contributed by atoms with E-state index in [1.807, 2.05) is 30.3 Å². The average Bonchev–Trinajstić information content (AvgIpc) is 2.17. The van der Waals surface area contributed by atoms with Crippen molar-refractivity contribution in [3.63, 3.8) is 0 Å². The Morgan fingerprint density at radius 1 is 1.00 bits per heavy atom. The van der Waals surface area contributed by atoms with Crippen molar-refractivity contribution in [2.45, 2.75) is 0 Å². The average molecular weight is 207 g/mol. The van der Waals surface area contributed by atoms with Crippen LogP contribution in [0.4, 0.5) is 5.69 Å². The molecule has 0 aliphatic rings. The minimum atomic E-state index is -2.14. The summed E-state index contributed by atoms with van der Waals surface area (Å²) in [5, 5.41) is 2.22. The van der Waals surface area contributed by atoms with Crippen molar-refractivity contribution in [3.8, 4) is 0 Å². The SMILES string of the molecule is Nc1ccc2ccccc2c1P(O)O. The smallest absolute Gasteiger partial charge is 0.202 e. The van der Waals surface area contributed by atoms with Crippen LogP contribution < -0.4 is 11.0 Å². The van der Waals surface area contributed by atoms with Crippen LogP contribution in [0.3, 0.4) is 0 Å². The molecule has 0 aromatic heterocycles. The Balaban J connectivity index is 2.83. The van der Waals surface area contributed by atoms with E-state index in [2.05, 4.69) is 0 Å². The van der Waals surface area contributed by atoms with Crippen molar-refractivity contribution in [1.82, 2.24) is 0 Å². The highest BCUT2D eigenvalue weighted by Crippen LogP contribution is 2.30. The first-order chi connectivity index (χ1) is 6.70. The fraction of sp³-hybridized carbons (Fsp3) is 0. The second-order valence-electron chi connectivity index (χ2n) is 3.01. The van der Waals surface area contributed by atoms with Gasteiger partial charge in [-0.25, -0.2) is 0 Å². The molecule has 2 aromatic carbocycles. The molecule has 4 heteroatoms. The molecule has 0 saturated carbocycles. The zero-order chi connectivity index (χ0) is 10.1. The van der Waals surface area contributed by atoms with Crippen LogP contribution in [0.2, 0.25) is 0 Å². The van der Waals surface area contributed by atoms with E-state index in [-0.39, 0.29) is 0 Å². The third-order valence-electron chi connectivity index (χ3n) is 2.13. The van der Waals surface area contributed by atoms with Gasteiger partial charge < -0.3 is 15.5 Å². The number of benzene rings is 2. The first-order valence-corrected chi connectivity index (χ1v) is 5.40. The fourth-order valence-corrected chi connectivity index (χ4v) is 2.22. The van der Waals surface area contributed by atoms with Crippen LogP contribution in [0.15, 0.2) is 36.4 Å². The Hall–Kier alpha value is -1.15. The molecule has 0 aliphatic carbocycles. The summed E-state index contributed by atoms with van der Waals surface area (Å²) < 4.78 is 0. The van der Waals surface area contributed by atoms with E-state index in [0.717, 1.165) is 10.8 Å². The molecule has 72 valence electrons. The normalized spacial score (nSPS) is 11.1. The summed E-state index contributed by atoms with van der Waals surface area (Å²) in [4.78, 5) is 18.5. The quantitative estimate of drug-likeness (QED) is 0.488. The Kier molecular flexibility index (Phi) is 2.38. The molecule has 3 nitrogen and oxygen atoms in total. The summed E-state index contributed by atoms with van der Waals surface area (Å²) in [6, 6.07) is 11.1. The van der Waals surface area contributed by atoms with Gasteiger partial charge in [0.15, 0.2) is 0 Å². The molecule has 0 heterocycles. The molecular formula is C10H10NO2P. The lowest BCUT2D eigenvalue weighted by atomic mass is 10.1. The van der Waals surface area contributed by atoms with E-state index in [1.54, 1.807) is 6.07 Å². The van der Waals surface area contributed by atoms with Crippen molar-refractivity contribution >= 4 is 30.1 Å². The second-order valence-corrected chi connectivity index (χ2v) is 4.04. The topological polar surface area (TPSA) is 66.5 Å². The van der Waals surface area contributed by atoms with E-state index in [1.165, 1.54) is 0 Å². The van der Waals surface area contributed by atoms with Gasteiger partial charge in [0.2, 0.25) is 8.38 Å². The van der Waals surface area contributed by atoms with Crippen molar-refractivity contribution in [1.29, 1.82) is 0 Å². The summed E-state index contributed by atoms with van der Waals surface area (Å²) in [5.41, 5.74) is 6.11. The standard InChI is InChI=1S/C10H10NO2P/c11-9-6-5-7-3-1-2-4-8(7)10(9)14(12)13/h1-6,12-13H,11H2. The molecule has 0 radical (unpaired) electrons. The van der Waals surface area contributed by atoms with Gasteiger partial charge in [0, 0.05) is 5.69 Å². The van der Waals surface area contributed by atoms with E-state index in [9.17, 15) is 9.79 Å². The molecule has 0 atom stereocenters. The highest BCUT2D eigenvalue weighted by Gasteiger charge is 2.12. The minimum absolute atomic E-state index is 0.430. The monoisotopic (exact) mass is 207 g/mol. The van der Waals surface area contributed by atoms with Gasteiger partial charge in [-0.05, 0) is 16.8 Å². The maximum atomic E-state index is 9.24. The molecule has 4 N–H and O–H groups in total. The maximum Gasteiger partial charge on any atom is 0.202 e. The molecular weight excluding hydrogens is 197 g/mol. The van der Waals surface area contributed by atoms with Gasteiger partial charge in [0.25, 0.3) is 0 Å². The second kappa shape index (κ2) is 3.54. The Labute approximate surface area is 82.7 Å². The van der Waals surface area contributed by atoms with E-state index in [4.69, 9.17) is 5.73 Å². The van der Waals surface area contributed by atoms with Crippen LogP contribution in [0.25, 0.3) is 10.8 Å². The summed E-state index contributed by atoms with van der Waals surface area (Å²) in [6.45, 7) is 0. The summed E-state index contributed by atoms with van der Waals surface area (Å²) in [6.07, 6.45) is 0. The van der Waals surface area contributed by atoms with Crippen LogP contribution in [0, 0.1) is 0 Å². The number of rotatable bonds is 1. The highest BCUT2D eigenvalue weighted by molar-refractivity contribution is 7.55. The van der Waals surface area contributed by atoms with Crippen molar-refractivity contribution in [2.75, 3.05) is 5.73 Å².